The second-order valence-corrected chi connectivity index (χ2v) is 5.51. The summed E-state index contributed by atoms with van der Waals surface area (Å²) in [5, 5.41) is 13.3. The first-order chi connectivity index (χ1) is 10.1. The van der Waals surface area contributed by atoms with Crippen molar-refractivity contribution in [3.8, 4) is 11.3 Å². The molecule has 2 aromatic rings. The fourth-order valence-corrected chi connectivity index (χ4v) is 2.35. The van der Waals surface area contributed by atoms with Gasteiger partial charge in [-0.2, -0.15) is 5.10 Å². The number of carbonyl (C=O) groups excluding carboxylic acids is 1. The Morgan fingerprint density at radius 1 is 1.33 bits per heavy atom. The molecule has 0 aliphatic heterocycles. The van der Waals surface area contributed by atoms with Crippen molar-refractivity contribution in [2.24, 2.45) is 5.92 Å². The average Bonchev–Trinajstić information content (AvgIpc) is 2.76. The van der Waals surface area contributed by atoms with Crippen molar-refractivity contribution in [2.75, 3.05) is 12.3 Å². The van der Waals surface area contributed by atoms with Crippen LogP contribution >= 0.6 is 0 Å². The molecule has 0 aliphatic carbocycles. The molecule has 112 valence electrons. The van der Waals surface area contributed by atoms with Gasteiger partial charge in [0.2, 0.25) is 0 Å². The van der Waals surface area contributed by atoms with Crippen LogP contribution in [0.5, 0.6) is 0 Å². The second-order valence-electron chi connectivity index (χ2n) is 5.51. The van der Waals surface area contributed by atoms with Crippen LogP contribution in [0.2, 0.25) is 0 Å². The van der Waals surface area contributed by atoms with Crippen LogP contribution < -0.4 is 5.73 Å². The summed E-state index contributed by atoms with van der Waals surface area (Å²) in [6.07, 6.45) is 1.73. The third-order valence-corrected chi connectivity index (χ3v) is 3.33. The zero-order valence-electron chi connectivity index (χ0n) is 12.4. The van der Waals surface area contributed by atoms with Crippen molar-refractivity contribution < 1.29 is 9.90 Å². The number of hydrogen-bond acceptors (Lipinski definition) is 4. The number of nitrogens with two attached hydrogens (primary N) is 1. The third-order valence-electron chi connectivity index (χ3n) is 3.33. The van der Waals surface area contributed by atoms with Crippen molar-refractivity contribution in [3.05, 3.63) is 35.4 Å². The number of aromatic nitrogens is 2. The second kappa shape index (κ2) is 6.54. The minimum absolute atomic E-state index is 0.0725. The lowest BCUT2D eigenvalue weighted by atomic mass is 10.00. The number of benzene rings is 1. The Bertz CT molecular complexity index is 615. The lowest BCUT2D eigenvalue weighted by Gasteiger charge is -2.05. The molecule has 0 spiro atoms. The van der Waals surface area contributed by atoms with Gasteiger partial charge >= 0.3 is 0 Å². The van der Waals surface area contributed by atoms with Crippen LogP contribution in [0, 0.1) is 5.92 Å². The first-order valence-electron chi connectivity index (χ1n) is 7.08. The molecule has 3 N–H and O–H groups in total. The van der Waals surface area contributed by atoms with E-state index in [4.69, 9.17) is 10.8 Å². The number of aliphatic hydroxyl groups excluding tert-OH is 1. The Morgan fingerprint density at radius 3 is 2.52 bits per heavy atom. The van der Waals surface area contributed by atoms with E-state index >= 15 is 0 Å². The topological polar surface area (TPSA) is 81.1 Å². The zero-order valence-corrected chi connectivity index (χ0v) is 12.4. The molecular formula is C16H21N3O2. The number of carbonyl (C=O) groups is 1. The van der Waals surface area contributed by atoms with Gasteiger partial charge < -0.3 is 10.8 Å². The van der Waals surface area contributed by atoms with Crippen molar-refractivity contribution in [2.45, 2.75) is 26.8 Å². The van der Waals surface area contributed by atoms with Gasteiger partial charge in [0, 0.05) is 5.56 Å². The summed E-state index contributed by atoms with van der Waals surface area (Å²) >= 11 is 0. The van der Waals surface area contributed by atoms with E-state index in [-0.39, 0.29) is 13.2 Å². The van der Waals surface area contributed by atoms with E-state index in [1.54, 1.807) is 0 Å². The molecule has 0 radical (unpaired) electrons. The van der Waals surface area contributed by atoms with E-state index in [0.29, 0.717) is 29.3 Å². The molecule has 0 atom stereocenters. The number of nitrogen functional groups attached to an aromatic ring is 1. The monoisotopic (exact) mass is 287 g/mol. The lowest BCUT2D eigenvalue weighted by Crippen LogP contribution is -2.08. The minimum atomic E-state index is -0.0725. The number of anilines is 1. The Morgan fingerprint density at radius 2 is 2.00 bits per heavy atom. The Hall–Kier alpha value is -2.14. The molecule has 5 heteroatoms. The minimum Gasteiger partial charge on any atom is -0.394 e. The number of hydrogen-bond donors (Lipinski definition) is 2. The van der Waals surface area contributed by atoms with Gasteiger partial charge in [-0.05, 0) is 17.9 Å². The van der Waals surface area contributed by atoms with Gasteiger partial charge in [-0.1, -0.05) is 38.1 Å². The van der Waals surface area contributed by atoms with E-state index in [9.17, 15) is 4.79 Å². The number of aliphatic hydroxyl groups is 1. The van der Waals surface area contributed by atoms with Crippen LogP contribution in [0.25, 0.3) is 11.3 Å². The van der Waals surface area contributed by atoms with Gasteiger partial charge in [-0.15, -0.1) is 0 Å². The molecule has 0 fully saturated rings. The van der Waals surface area contributed by atoms with E-state index in [1.165, 1.54) is 10.2 Å². The van der Waals surface area contributed by atoms with Gasteiger partial charge in [0.05, 0.1) is 18.7 Å². The Kier molecular flexibility index (Phi) is 4.75. The molecular weight excluding hydrogens is 266 g/mol. The Labute approximate surface area is 124 Å². The van der Waals surface area contributed by atoms with Gasteiger partial charge in [-0.3, -0.25) is 4.79 Å². The Balaban J connectivity index is 2.37. The summed E-state index contributed by atoms with van der Waals surface area (Å²) in [6.45, 7) is 4.56. The molecule has 0 aliphatic rings. The van der Waals surface area contributed by atoms with Gasteiger partial charge in [0.25, 0.3) is 0 Å². The maximum atomic E-state index is 11.3. The maximum Gasteiger partial charge on any atom is 0.156 e. The molecule has 1 heterocycles. The van der Waals surface area contributed by atoms with Crippen LogP contribution in [0.3, 0.4) is 0 Å². The molecule has 5 nitrogen and oxygen atoms in total. The predicted molar refractivity (Wildman–Crippen MR) is 83.1 cm³/mol. The molecule has 1 aromatic heterocycles. The molecule has 0 unspecified atom stereocenters. The predicted octanol–water partition coefficient (Wildman–Crippen LogP) is 2.14. The standard InChI is InChI=1S/C16H21N3O2/c1-11(2)9-12-3-5-13(6-4-12)15-14(10-21)16(17)19(18-15)7-8-20/h3-6,10-11,20H,7-9,17H2,1-2H3. The van der Waals surface area contributed by atoms with Crippen molar-refractivity contribution in [1.82, 2.24) is 9.78 Å². The van der Waals surface area contributed by atoms with Crippen LogP contribution in [0.15, 0.2) is 24.3 Å². The average molecular weight is 287 g/mol. The molecule has 0 amide bonds. The fourth-order valence-electron chi connectivity index (χ4n) is 2.35. The van der Waals surface area contributed by atoms with Crippen LogP contribution in [0.1, 0.15) is 29.8 Å². The number of rotatable bonds is 6. The molecule has 21 heavy (non-hydrogen) atoms. The summed E-state index contributed by atoms with van der Waals surface area (Å²) in [5.41, 5.74) is 8.94. The quantitative estimate of drug-likeness (QED) is 0.798. The summed E-state index contributed by atoms with van der Waals surface area (Å²) in [6, 6.07) is 8.00. The maximum absolute atomic E-state index is 11.3. The smallest absolute Gasteiger partial charge is 0.156 e. The summed E-state index contributed by atoms with van der Waals surface area (Å²) < 4.78 is 1.46. The highest BCUT2D eigenvalue weighted by Gasteiger charge is 2.16. The molecule has 0 saturated carbocycles. The normalized spacial score (nSPS) is 11.0. The summed E-state index contributed by atoms with van der Waals surface area (Å²) in [5.74, 6) is 0.890. The van der Waals surface area contributed by atoms with Crippen LogP contribution in [0.4, 0.5) is 5.82 Å². The molecule has 0 saturated heterocycles. The van der Waals surface area contributed by atoms with E-state index < -0.39 is 0 Å². The van der Waals surface area contributed by atoms with Crippen LogP contribution in [-0.2, 0) is 13.0 Å². The number of aldehydes is 1. The van der Waals surface area contributed by atoms with Gasteiger partial charge in [-0.25, -0.2) is 4.68 Å². The van der Waals surface area contributed by atoms with Crippen molar-refractivity contribution in [3.63, 3.8) is 0 Å². The largest absolute Gasteiger partial charge is 0.394 e. The first-order valence-corrected chi connectivity index (χ1v) is 7.08. The highest BCUT2D eigenvalue weighted by Crippen LogP contribution is 2.26. The summed E-state index contributed by atoms with van der Waals surface area (Å²) in [7, 11) is 0. The summed E-state index contributed by atoms with van der Waals surface area (Å²) in [4.78, 5) is 11.3. The van der Waals surface area contributed by atoms with Crippen LogP contribution in [-0.4, -0.2) is 27.8 Å². The molecule has 2 rings (SSSR count). The highest BCUT2D eigenvalue weighted by molar-refractivity contribution is 5.91. The number of nitrogens with zero attached hydrogens (tertiary/aromatic N) is 2. The van der Waals surface area contributed by atoms with Crippen molar-refractivity contribution >= 4 is 12.1 Å². The van der Waals surface area contributed by atoms with E-state index in [0.717, 1.165) is 12.0 Å². The van der Waals surface area contributed by atoms with Gasteiger partial charge in [0.15, 0.2) is 6.29 Å². The zero-order chi connectivity index (χ0) is 15.4. The SMILES string of the molecule is CC(C)Cc1ccc(-c2nn(CCO)c(N)c2C=O)cc1. The van der Waals surface area contributed by atoms with E-state index in [1.807, 2.05) is 24.3 Å². The third kappa shape index (κ3) is 3.31. The molecule has 1 aromatic carbocycles. The van der Waals surface area contributed by atoms with Crippen molar-refractivity contribution in [1.29, 1.82) is 0 Å². The lowest BCUT2D eigenvalue weighted by molar-refractivity contribution is 0.112. The van der Waals surface area contributed by atoms with E-state index in [2.05, 4.69) is 18.9 Å². The van der Waals surface area contributed by atoms with Gasteiger partial charge in [0.1, 0.15) is 11.5 Å². The first kappa shape index (κ1) is 15.3. The highest BCUT2D eigenvalue weighted by atomic mass is 16.3. The fraction of sp³-hybridized carbons (Fsp3) is 0.375. The molecule has 0 bridgehead atoms.